The van der Waals surface area contributed by atoms with Gasteiger partial charge in [-0.2, -0.15) is 0 Å². The van der Waals surface area contributed by atoms with Crippen molar-refractivity contribution >= 4 is 35.1 Å². The topological polar surface area (TPSA) is 147 Å². The van der Waals surface area contributed by atoms with Crippen molar-refractivity contribution in [1.29, 1.82) is 0 Å². The van der Waals surface area contributed by atoms with Gasteiger partial charge in [-0.25, -0.2) is 9.97 Å². The van der Waals surface area contributed by atoms with E-state index in [2.05, 4.69) is 35.8 Å². The molecule has 218 valence electrons. The summed E-state index contributed by atoms with van der Waals surface area (Å²) in [6, 6.07) is 11.8. The molecule has 0 radical (unpaired) electrons. The third kappa shape index (κ3) is 9.29. The van der Waals surface area contributed by atoms with E-state index in [4.69, 9.17) is 22.1 Å². The van der Waals surface area contributed by atoms with E-state index in [9.17, 15) is 9.59 Å². The average molecular weight is 581 g/mol. The molecule has 1 atom stereocenters. The maximum Gasteiger partial charge on any atom is 0.274 e. The summed E-state index contributed by atoms with van der Waals surface area (Å²) in [5.74, 6) is 0.580. The summed E-state index contributed by atoms with van der Waals surface area (Å²) in [5, 5.41) is 8.81. The number of carbonyl (C=O) groups is 2. The van der Waals surface area contributed by atoms with Crippen molar-refractivity contribution in [1.82, 2.24) is 30.5 Å². The predicted molar refractivity (Wildman–Crippen MR) is 159 cm³/mol. The van der Waals surface area contributed by atoms with Crippen molar-refractivity contribution in [2.45, 2.75) is 38.1 Å². The van der Waals surface area contributed by atoms with Crippen LogP contribution in [0.25, 0.3) is 0 Å². The molecule has 2 amide bonds. The lowest BCUT2D eigenvalue weighted by atomic mass is 10.0. The van der Waals surface area contributed by atoms with Crippen LogP contribution in [-0.4, -0.2) is 77.5 Å². The van der Waals surface area contributed by atoms with Gasteiger partial charge in [0.2, 0.25) is 0 Å². The second-order valence-electron chi connectivity index (χ2n) is 9.95. The summed E-state index contributed by atoms with van der Waals surface area (Å²) in [4.78, 5) is 39.5. The quantitative estimate of drug-likeness (QED) is 0.239. The molecule has 1 aliphatic rings. The SMILES string of the molecule is CNc1nc(N)c(Cl)nc1C(=O)NC1CCCN(CCCc2ccc(OCC(=O)NCCc3ccncc3)cc2)C1. The van der Waals surface area contributed by atoms with Crippen molar-refractivity contribution in [2.24, 2.45) is 0 Å². The lowest BCUT2D eigenvalue weighted by Gasteiger charge is -2.33. The summed E-state index contributed by atoms with van der Waals surface area (Å²) in [6.45, 7) is 3.24. The molecule has 1 aliphatic heterocycles. The van der Waals surface area contributed by atoms with Crippen LogP contribution in [0.1, 0.15) is 40.9 Å². The van der Waals surface area contributed by atoms with E-state index in [1.807, 2.05) is 36.4 Å². The first-order valence-corrected chi connectivity index (χ1v) is 14.2. The number of nitrogens with one attached hydrogen (secondary N) is 3. The van der Waals surface area contributed by atoms with Gasteiger partial charge in [0.15, 0.2) is 29.1 Å². The molecular weight excluding hydrogens is 544 g/mol. The van der Waals surface area contributed by atoms with Gasteiger partial charge in [0.05, 0.1) is 0 Å². The molecule has 1 fully saturated rings. The van der Waals surface area contributed by atoms with Crippen LogP contribution >= 0.6 is 11.6 Å². The number of pyridine rings is 1. The number of nitrogens with two attached hydrogens (primary N) is 1. The van der Waals surface area contributed by atoms with Crippen LogP contribution in [0, 0.1) is 0 Å². The van der Waals surface area contributed by atoms with Crippen LogP contribution in [0.15, 0.2) is 48.8 Å². The molecule has 0 bridgehead atoms. The molecule has 41 heavy (non-hydrogen) atoms. The number of carbonyl (C=O) groups excluding carboxylic acids is 2. The number of nitrogens with zero attached hydrogens (tertiary/aromatic N) is 4. The Labute approximate surface area is 245 Å². The van der Waals surface area contributed by atoms with Crippen molar-refractivity contribution in [3.05, 3.63) is 70.8 Å². The zero-order valence-electron chi connectivity index (χ0n) is 23.2. The Bertz CT molecular complexity index is 1290. The third-order valence-corrected chi connectivity index (χ3v) is 7.17. The number of piperidine rings is 1. The van der Waals surface area contributed by atoms with Gasteiger partial charge in [-0.1, -0.05) is 23.7 Å². The van der Waals surface area contributed by atoms with Crippen LogP contribution in [0.2, 0.25) is 5.15 Å². The van der Waals surface area contributed by atoms with E-state index in [1.54, 1.807) is 19.4 Å². The molecule has 5 N–H and O–H groups in total. The normalized spacial score (nSPS) is 15.2. The zero-order valence-corrected chi connectivity index (χ0v) is 24.0. The third-order valence-electron chi connectivity index (χ3n) is 6.89. The van der Waals surface area contributed by atoms with Crippen LogP contribution in [-0.2, 0) is 17.6 Å². The first kappa shape index (κ1) is 30.0. The number of aromatic nitrogens is 3. The molecule has 2 aromatic heterocycles. The average Bonchev–Trinajstić information content (AvgIpc) is 2.98. The maximum atomic E-state index is 12.9. The lowest BCUT2D eigenvalue weighted by Crippen LogP contribution is -2.48. The second-order valence-corrected chi connectivity index (χ2v) is 10.3. The van der Waals surface area contributed by atoms with Crippen molar-refractivity contribution in [3.63, 3.8) is 0 Å². The van der Waals surface area contributed by atoms with Gasteiger partial charge in [0.1, 0.15) is 5.75 Å². The Morgan fingerprint density at radius 1 is 1.10 bits per heavy atom. The van der Waals surface area contributed by atoms with Crippen LogP contribution in [0.3, 0.4) is 0 Å². The highest BCUT2D eigenvalue weighted by Crippen LogP contribution is 2.20. The molecule has 1 saturated heterocycles. The molecule has 11 nitrogen and oxygen atoms in total. The summed E-state index contributed by atoms with van der Waals surface area (Å²) < 4.78 is 5.64. The number of halogens is 1. The molecule has 1 aromatic carbocycles. The molecule has 0 saturated carbocycles. The van der Waals surface area contributed by atoms with Gasteiger partial charge >= 0.3 is 0 Å². The van der Waals surface area contributed by atoms with Gasteiger partial charge in [-0.15, -0.1) is 0 Å². The fraction of sp³-hybridized carbons (Fsp3) is 0.414. The Hall–Kier alpha value is -3.96. The number of anilines is 2. The van der Waals surface area contributed by atoms with Crippen molar-refractivity contribution in [2.75, 3.05) is 50.9 Å². The number of hydrogen-bond donors (Lipinski definition) is 4. The van der Waals surface area contributed by atoms with E-state index in [-0.39, 0.29) is 41.1 Å². The number of likely N-dealkylation sites (tertiary alicyclic amines) is 1. The van der Waals surface area contributed by atoms with Crippen LogP contribution in [0.5, 0.6) is 5.75 Å². The number of benzene rings is 1. The Kier molecular flexibility index (Phi) is 11.1. The Balaban J connectivity index is 1.14. The minimum atomic E-state index is -0.319. The zero-order chi connectivity index (χ0) is 29.0. The van der Waals surface area contributed by atoms with E-state index in [0.29, 0.717) is 18.1 Å². The molecule has 0 aliphatic carbocycles. The number of aryl methyl sites for hydroxylation is 1. The van der Waals surface area contributed by atoms with E-state index >= 15 is 0 Å². The van der Waals surface area contributed by atoms with Gasteiger partial charge in [-0.05, 0) is 80.6 Å². The number of amides is 2. The number of ether oxygens (including phenoxy) is 1. The lowest BCUT2D eigenvalue weighted by molar-refractivity contribution is -0.123. The summed E-state index contributed by atoms with van der Waals surface area (Å²) >= 11 is 5.99. The Morgan fingerprint density at radius 3 is 2.61 bits per heavy atom. The molecule has 4 rings (SSSR count). The van der Waals surface area contributed by atoms with Gasteiger partial charge in [-0.3, -0.25) is 14.6 Å². The number of hydrogen-bond acceptors (Lipinski definition) is 9. The van der Waals surface area contributed by atoms with Gasteiger partial charge in [0.25, 0.3) is 11.8 Å². The summed E-state index contributed by atoms with van der Waals surface area (Å²) in [6.07, 6.45) is 8.05. The van der Waals surface area contributed by atoms with Crippen LogP contribution in [0.4, 0.5) is 11.6 Å². The van der Waals surface area contributed by atoms with E-state index in [0.717, 1.165) is 57.3 Å². The van der Waals surface area contributed by atoms with Gasteiger partial charge < -0.3 is 31.3 Å². The smallest absolute Gasteiger partial charge is 0.274 e. The van der Waals surface area contributed by atoms with E-state index < -0.39 is 0 Å². The standard InChI is InChI=1S/C29H37ClN8O3/c1-32-28-25(36-26(30)27(31)37-28)29(40)35-22-5-3-17-38(18-22)16-2-4-20-6-8-23(9-7-20)41-19-24(39)34-15-12-21-10-13-33-14-11-21/h6-11,13-14,22H,2-5,12,15-19H2,1H3,(H,34,39)(H,35,40)(H3,31,32,37). The fourth-order valence-corrected chi connectivity index (χ4v) is 4.87. The van der Waals surface area contributed by atoms with E-state index in [1.165, 1.54) is 5.56 Å². The number of rotatable bonds is 13. The highest BCUT2D eigenvalue weighted by atomic mass is 35.5. The predicted octanol–water partition coefficient (Wildman–Crippen LogP) is 2.71. The maximum absolute atomic E-state index is 12.9. The summed E-state index contributed by atoms with van der Waals surface area (Å²) in [7, 11) is 1.66. The summed E-state index contributed by atoms with van der Waals surface area (Å²) in [5.41, 5.74) is 8.18. The molecule has 1 unspecified atom stereocenters. The van der Waals surface area contributed by atoms with Crippen molar-refractivity contribution in [3.8, 4) is 5.75 Å². The molecule has 12 heteroatoms. The molecule has 3 heterocycles. The second kappa shape index (κ2) is 15.2. The van der Waals surface area contributed by atoms with Crippen LogP contribution < -0.4 is 26.4 Å². The Morgan fingerprint density at radius 2 is 1.85 bits per heavy atom. The largest absolute Gasteiger partial charge is 0.484 e. The first-order valence-electron chi connectivity index (χ1n) is 13.8. The minimum absolute atomic E-state index is 0.0114. The van der Waals surface area contributed by atoms with Gasteiger partial charge in [0, 0.05) is 38.6 Å². The minimum Gasteiger partial charge on any atom is -0.484 e. The molecular formula is C29H37ClN8O3. The molecule has 3 aromatic rings. The molecule has 0 spiro atoms. The number of nitrogen functional groups attached to an aromatic ring is 1. The first-order chi connectivity index (χ1) is 19.9. The fourth-order valence-electron chi connectivity index (χ4n) is 4.75. The van der Waals surface area contributed by atoms with Crippen molar-refractivity contribution < 1.29 is 14.3 Å². The highest BCUT2D eigenvalue weighted by Gasteiger charge is 2.24. The highest BCUT2D eigenvalue weighted by molar-refractivity contribution is 6.31. The monoisotopic (exact) mass is 580 g/mol.